The number of halogens is 2. The van der Waals surface area contributed by atoms with Crippen LogP contribution < -0.4 is 5.32 Å². The highest BCUT2D eigenvalue weighted by Gasteiger charge is 2.08. The Balaban J connectivity index is 1.73. The first-order chi connectivity index (χ1) is 10.1. The first-order valence-electron chi connectivity index (χ1n) is 6.43. The van der Waals surface area contributed by atoms with Crippen LogP contribution in [0.3, 0.4) is 0 Å². The molecule has 21 heavy (non-hydrogen) atoms. The molecule has 0 saturated carbocycles. The van der Waals surface area contributed by atoms with Crippen LogP contribution in [0.1, 0.15) is 5.56 Å². The van der Waals surface area contributed by atoms with Crippen molar-refractivity contribution in [2.45, 2.75) is 6.42 Å². The summed E-state index contributed by atoms with van der Waals surface area (Å²) in [5.74, 6) is -0.117. The molecule has 3 aromatic rings. The second-order valence-corrected chi connectivity index (χ2v) is 5.59. The maximum atomic E-state index is 12.1. The summed E-state index contributed by atoms with van der Waals surface area (Å²) in [5.41, 5.74) is 2.57. The van der Waals surface area contributed by atoms with Crippen LogP contribution in [0.2, 0.25) is 10.0 Å². The van der Waals surface area contributed by atoms with Gasteiger partial charge in [0.25, 0.3) is 0 Å². The summed E-state index contributed by atoms with van der Waals surface area (Å²) in [4.78, 5) is 15.2. The Morgan fingerprint density at radius 2 is 1.95 bits per heavy atom. The molecule has 0 bridgehead atoms. The summed E-state index contributed by atoms with van der Waals surface area (Å²) in [5, 5.41) is 4.84. The van der Waals surface area contributed by atoms with E-state index in [0.29, 0.717) is 22.2 Å². The monoisotopic (exact) mass is 318 g/mol. The number of aromatic nitrogens is 1. The molecule has 2 N–H and O–H groups in total. The van der Waals surface area contributed by atoms with E-state index in [1.165, 1.54) is 0 Å². The number of rotatable bonds is 3. The highest BCUT2D eigenvalue weighted by atomic mass is 35.5. The minimum absolute atomic E-state index is 0.117. The van der Waals surface area contributed by atoms with Crippen molar-refractivity contribution < 1.29 is 4.79 Å². The Bertz CT molecular complexity index is 811. The average Bonchev–Trinajstić information content (AvgIpc) is 2.89. The number of H-pyrrole nitrogens is 1. The van der Waals surface area contributed by atoms with Crippen LogP contribution in [0.15, 0.2) is 48.7 Å². The van der Waals surface area contributed by atoms with Gasteiger partial charge in [0.05, 0.1) is 17.1 Å². The van der Waals surface area contributed by atoms with Gasteiger partial charge in [0.1, 0.15) is 0 Å². The molecule has 1 heterocycles. The molecule has 5 heteroatoms. The fourth-order valence-corrected chi connectivity index (χ4v) is 2.64. The quantitative estimate of drug-likeness (QED) is 0.725. The molecule has 0 radical (unpaired) electrons. The minimum atomic E-state index is -0.117. The van der Waals surface area contributed by atoms with E-state index >= 15 is 0 Å². The van der Waals surface area contributed by atoms with E-state index in [2.05, 4.69) is 10.3 Å². The molecule has 3 rings (SSSR count). The van der Waals surface area contributed by atoms with Gasteiger partial charge in [-0.25, -0.2) is 0 Å². The fourth-order valence-electron chi connectivity index (χ4n) is 2.18. The van der Waals surface area contributed by atoms with Crippen molar-refractivity contribution in [3.63, 3.8) is 0 Å². The first-order valence-corrected chi connectivity index (χ1v) is 7.18. The number of carbonyl (C=O) groups is 1. The van der Waals surface area contributed by atoms with Crippen LogP contribution >= 0.6 is 23.2 Å². The summed E-state index contributed by atoms with van der Waals surface area (Å²) in [6.45, 7) is 0. The van der Waals surface area contributed by atoms with Crippen LogP contribution in [0.5, 0.6) is 0 Å². The van der Waals surface area contributed by atoms with Crippen molar-refractivity contribution in [1.29, 1.82) is 0 Å². The second kappa shape index (κ2) is 5.80. The molecule has 0 aliphatic carbocycles. The number of amides is 1. The molecule has 0 aliphatic rings. The number of aromatic amines is 1. The van der Waals surface area contributed by atoms with Gasteiger partial charge < -0.3 is 10.3 Å². The third-order valence-corrected chi connectivity index (χ3v) is 3.74. The van der Waals surface area contributed by atoms with Crippen LogP contribution in [0.4, 0.5) is 5.69 Å². The molecule has 0 aliphatic heterocycles. The smallest absolute Gasteiger partial charge is 0.228 e. The molecule has 0 unspecified atom stereocenters. The lowest BCUT2D eigenvalue weighted by molar-refractivity contribution is -0.115. The van der Waals surface area contributed by atoms with Crippen molar-refractivity contribution in [3.05, 3.63) is 64.3 Å². The van der Waals surface area contributed by atoms with Crippen molar-refractivity contribution in [2.75, 3.05) is 5.32 Å². The maximum absolute atomic E-state index is 12.1. The van der Waals surface area contributed by atoms with Gasteiger partial charge in [0.15, 0.2) is 0 Å². The van der Waals surface area contributed by atoms with Crippen molar-refractivity contribution in [3.8, 4) is 0 Å². The zero-order valence-corrected chi connectivity index (χ0v) is 12.5. The molecule has 0 fully saturated rings. The van der Waals surface area contributed by atoms with E-state index in [1.54, 1.807) is 18.2 Å². The van der Waals surface area contributed by atoms with E-state index in [1.807, 2.05) is 30.5 Å². The molecular formula is C16H12Cl2N2O. The van der Waals surface area contributed by atoms with Crippen LogP contribution in [0, 0.1) is 0 Å². The number of benzene rings is 2. The zero-order valence-electron chi connectivity index (χ0n) is 11.0. The fraction of sp³-hybridized carbons (Fsp3) is 0.0625. The Morgan fingerprint density at radius 3 is 2.76 bits per heavy atom. The molecule has 3 nitrogen and oxygen atoms in total. The zero-order chi connectivity index (χ0) is 14.8. The molecule has 1 aromatic heterocycles. The highest BCUT2D eigenvalue weighted by molar-refractivity contribution is 6.36. The largest absolute Gasteiger partial charge is 0.361 e. The van der Waals surface area contributed by atoms with E-state index < -0.39 is 0 Å². The molecular weight excluding hydrogens is 307 g/mol. The number of carbonyl (C=O) groups excluding carboxylic acids is 1. The summed E-state index contributed by atoms with van der Waals surface area (Å²) in [6.07, 6.45) is 2.17. The summed E-state index contributed by atoms with van der Waals surface area (Å²) in [6, 6.07) is 12.9. The SMILES string of the molecule is O=C(Cc1ccc2[nH]ccc2c1)Nc1ccc(Cl)cc1Cl. The lowest BCUT2D eigenvalue weighted by atomic mass is 10.1. The Hall–Kier alpha value is -1.97. The number of hydrogen-bond donors (Lipinski definition) is 2. The van der Waals surface area contributed by atoms with Crippen molar-refractivity contribution >= 4 is 45.7 Å². The van der Waals surface area contributed by atoms with Gasteiger partial charge in [-0.15, -0.1) is 0 Å². The number of anilines is 1. The van der Waals surface area contributed by atoms with E-state index in [0.717, 1.165) is 16.5 Å². The van der Waals surface area contributed by atoms with Gasteiger partial charge >= 0.3 is 0 Å². The number of fused-ring (bicyclic) bond motifs is 1. The predicted molar refractivity (Wildman–Crippen MR) is 87.1 cm³/mol. The Labute approximate surface area is 131 Å². The van der Waals surface area contributed by atoms with Gasteiger partial charge in [-0.1, -0.05) is 29.3 Å². The number of hydrogen-bond acceptors (Lipinski definition) is 1. The van der Waals surface area contributed by atoms with Gasteiger partial charge in [-0.2, -0.15) is 0 Å². The third kappa shape index (κ3) is 3.20. The summed E-state index contributed by atoms with van der Waals surface area (Å²) < 4.78 is 0. The Kier molecular flexibility index (Phi) is 3.86. The Morgan fingerprint density at radius 1 is 1.10 bits per heavy atom. The first kappa shape index (κ1) is 14.0. The minimum Gasteiger partial charge on any atom is -0.361 e. The van der Waals surface area contributed by atoms with Crippen LogP contribution in [0.25, 0.3) is 10.9 Å². The summed E-state index contributed by atoms with van der Waals surface area (Å²) >= 11 is 11.9. The van der Waals surface area contributed by atoms with E-state index in [4.69, 9.17) is 23.2 Å². The van der Waals surface area contributed by atoms with Gasteiger partial charge in [0, 0.05) is 16.7 Å². The van der Waals surface area contributed by atoms with Crippen LogP contribution in [-0.4, -0.2) is 10.9 Å². The number of nitrogens with one attached hydrogen (secondary N) is 2. The normalized spacial score (nSPS) is 10.8. The van der Waals surface area contributed by atoms with Gasteiger partial charge in [-0.3, -0.25) is 4.79 Å². The molecule has 106 valence electrons. The topological polar surface area (TPSA) is 44.9 Å². The lowest BCUT2D eigenvalue weighted by Crippen LogP contribution is -2.14. The van der Waals surface area contributed by atoms with Crippen LogP contribution in [-0.2, 0) is 11.2 Å². The molecule has 2 aromatic carbocycles. The average molecular weight is 319 g/mol. The lowest BCUT2D eigenvalue weighted by Gasteiger charge is -2.07. The standard InChI is InChI=1S/C16H12Cl2N2O/c17-12-2-4-15(13(18)9-12)20-16(21)8-10-1-3-14-11(7-10)5-6-19-14/h1-7,9,19H,8H2,(H,20,21). The van der Waals surface area contributed by atoms with Crippen molar-refractivity contribution in [2.24, 2.45) is 0 Å². The van der Waals surface area contributed by atoms with E-state index in [-0.39, 0.29) is 5.91 Å². The summed E-state index contributed by atoms with van der Waals surface area (Å²) in [7, 11) is 0. The highest BCUT2D eigenvalue weighted by Crippen LogP contribution is 2.25. The second-order valence-electron chi connectivity index (χ2n) is 4.75. The maximum Gasteiger partial charge on any atom is 0.228 e. The van der Waals surface area contributed by atoms with Gasteiger partial charge in [0.2, 0.25) is 5.91 Å². The molecule has 0 saturated heterocycles. The van der Waals surface area contributed by atoms with E-state index in [9.17, 15) is 4.79 Å². The molecule has 0 spiro atoms. The predicted octanol–water partition coefficient (Wildman–Crippen LogP) is 4.66. The third-order valence-electron chi connectivity index (χ3n) is 3.19. The molecule has 0 atom stereocenters. The van der Waals surface area contributed by atoms with Gasteiger partial charge in [-0.05, 0) is 47.3 Å². The van der Waals surface area contributed by atoms with Crippen molar-refractivity contribution in [1.82, 2.24) is 4.98 Å². The molecule has 1 amide bonds.